The van der Waals surface area contributed by atoms with Gasteiger partial charge in [-0.1, -0.05) is 12.8 Å². The van der Waals surface area contributed by atoms with Crippen LogP contribution in [-0.4, -0.2) is 74.5 Å². The summed E-state index contributed by atoms with van der Waals surface area (Å²) < 4.78 is 4.90. The Labute approximate surface area is 180 Å². The van der Waals surface area contributed by atoms with Crippen LogP contribution >= 0.6 is 0 Å². The Kier molecular flexibility index (Phi) is 9.64. The summed E-state index contributed by atoms with van der Waals surface area (Å²) in [6, 6.07) is 7.60. The van der Waals surface area contributed by atoms with Gasteiger partial charge in [0.05, 0.1) is 6.61 Å². The second kappa shape index (κ2) is 12.2. The molecular formula is C23H35N3O4. The molecule has 0 bridgehead atoms. The van der Waals surface area contributed by atoms with Gasteiger partial charge in [0, 0.05) is 64.4 Å². The summed E-state index contributed by atoms with van der Waals surface area (Å²) in [6.45, 7) is 4.54. The number of benzene rings is 1. The van der Waals surface area contributed by atoms with Crippen LogP contribution in [0.15, 0.2) is 24.3 Å². The van der Waals surface area contributed by atoms with E-state index in [4.69, 9.17) is 4.74 Å². The Hall–Kier alpha value is -2.57. The molecule has 1 heterocycles. The Morgan fingerprint density at radius 1 is 0.867 bits per heavy atom. The molecular weight excluding hydrogens is 382 g/mol. The van der Waals surface area contributed by atoms with Crippen molar-refractivity contribution in [2.75, 3.05) is 51.8 Å². The monoisotopic (exact) mass is 417 g/mol. The van der Waals surface area contributed by atoms with Crippen molar-refractivity contribution in [2.45, 2.75) is 45.4 Å². The first-order chi connectivity index (χ1) is 14.4. The van der Waals surface area contributed by atoms with Crippen LogP contribution in [0.3, 0.4) is 0 Å². The van der Waals surface area contributed by atoms with Crippen LogP contribution in [0.4, 0.5) is 5.69 Å². The van der Waals surface area contributed by atoms with Gasteiger partial charge in [0.15, 0.2) is 0 Å². The number of unbranched alkanes of at least 4 members (excludes halogenated alkanes) is 3. The summed E-state index contributed by atoms with van der Waals surface area (Å²) in [7, 11) is 3.94. The van der Waals surface area contributed by atoms with Gasteiger partial charge in [-0.05, 0) is 44.0 Å². The molecule has 2 amide bonds. The Bertz CT molecular complexity index is 695. The largest absolute Gasteiger partial charge is 0.466 e. The summed E-state index contributed by atoms with van der Waals surface area (Å²) in [5.74, 6) is 0.0338. The maximum atomic E-state index is 12.7. The molecule has 7 heteroatoms. The lowest BCUT2D eigenvalue weighted by Crippen LogP contribution is -2.50. The normalized spacial score (nSPS) is 13.8. The molecule has 7 nitrogen and oxygen atoms in total. The minimum absolute atomic E-state index is 0.0222. The smallest absolute Gasteiger partial charge is 0.305 e. The van der Waals surface area contributed by atoms with Crippen molar-refractivity contribution in [3.8, 4) is 0 Å². The highest BCUT2D eigenvalue weighted by Crippen LogP contribution is 2.15. The third-order valence-corrected chi connectivity index (χ3v) is 5.38. The zero-order valence-electron chi connectivity index (χ0n) is 18.6. The second-order valence-corrected chi connectivity index (χ2v) is 7.83. The molecule has 30 heavy (non-hydrogen) atoms. The molecule has 1 saturated heterocycles. The summed E-state index contributed by atoms with van der Waals surface area (Å²) in [6.07, 6.45) is 4.49. The summed E-state index contributed by atoms with van der Waals surface area (Å²) in [4.78, 5) is 42.1. The van der Waals surface area contributed by atoms with Crippen LogP contribution < -0.4 is 4.90 Å². The number of hydrogen-bond acceptors (Lipinski definition) is 5. The van der Waals surface area contributed by atoms with Gasteiger partial charge in [0.25, 0.3) is 5.91 Å². The van der Waals surface area contributed by atoms with Crippen LogP contribution in [-0.2, 0) is 14.3 Å². The van der Waals surface area contributed by atoms with Crippen LogP contribution in [0.1, 0.15) is 55.8 Å². The van der Waals surface area contributed by atoms with Gasteiger partial charge in [-0.25, -0.2) is 0 Å². The maximum Gasteiger partial charge on any atom is 0.305 e. The number of rotatable bonds is 10. The van der Waals surface area contributed by atoms with E-state index in [1.54, 1.807) is 0 Å². The Morgan fingerprint density at radius 3 is 2.00 bits per heavy atom. The van der Waals surface area contributed by atoms with E-state index in [-0.39, 0.29) is 17.8 Å². The highest BCUT2D eigenvalue weighted by atomic mass is 16.5. The van der Waals surface area contributed by atoms with E-state index in [0.717, 1.165) is 31.4 Å². The van der Waals surface area contributed by atoms with Crippen LogP contribution in [0, 0.1) is 0 Å². The number of esters is 1. The number of anilines is 1. The van der Waals surface area contributed by atoms with Gasteiger partial charge < -0.3 is 19.4 Å². The summed E-state index contributed by atoms with van der Waals surface area (Å²) in [5, 5.41) is 0. The Balaban J connectivity index is 1.65. The molecule has 0 aromatic heterocycles. The first kappa shape index (κ1) is 23.7. The fourth-order valence-corrected chi connectivity index (χ4v) is 3.53. The van der Waals surface area contributed by atoms with E-state index in [9.17, 15) is 14.4 Å². The van der Waals surface area contributed by atoms with Gasteiger partial charge in [0.2, 0.25) is 5.91 Å². The summed E-state index contributed by atoms with van der Waals surface area (Å²) in [5.41, 5.74) is 1.74. The quantitative estimate of drug-likeness (QED) is 0.432. The van der Waals surface area contributed by atoms with Crippen LogP contribution in [0.5, 0.6) is 0 Å². The molecule has 1 fully saturated rings. The minimum Gasteiger partial charge on any atom is -0.466 e. The molecule has 2 rings (SSSR count). The van der Waals surface area contributed by atoms with Gasteiger partial charge in [-0.2, -0.15) is 0 Å². The Morgan fingerprint density at radius 2 is 1.43 bits per heavy atom. The van der Waals surface area contributed by atoms with Gasteiger partial charge >= 0.3 is 5.97 Å². The molecule has 1 aliphatic heterocycles. The third-order valence-electron chi connectivity index (χ3n) is 5.38. The lowest BCUT2D eigenvalue weighted by molar-refractivity contribution is -0.143. The van der Waals surface area contributed by atoms with Crippen molar-refractivity contribution < 1.29 is 19.1 Å². The van der Waals surface area contributed by atoms with Crippen molar-refractivity contribution in [3.63, 3.8) is 0 Å². The molecule has 166 valence electrons. The first-order valence-corrected chi connectivity index (χ1v) is 10.9. The van der Waals surface area contributed by atoms with E-state index in [1.807, 2.05) is 60.0 Å². The minimum atomic E-state index is -0.144. The second-order valence-electron chi connectivity index (χ2n) is 7.83. The zero-order valence-corrected chi connectivity index (χ0v) is 18.6. The first-order valence-electron chi connectivity index (χ1n) is 10.9. The predicted octanol–water partition coefficient (Wildman–Crippen LogP) is 2.94. The molecule has 0 unspecified atom stereocenters. The standard InChI is InChI=1S/C23H35N3O4/c1-4-30-22(28)10-8-6-5-7-9-21(27)25-15-17-26(18-16-25)23(29)19-11-13-20(14-12-19)24(2)3/h11-14H,4-10,15-18H2,1-3H3. The molecule has 1 aromatic rings. The molecule has 0 aliphatic carbocycles. The van der Waals surface area contributed by atoms with E-state index >= 15 is 0 Å². The van der Waals surface area contributed by atoms with E-state index < -0.39 is 0 Å². The highest BCUT2D eigenvalue weighted by Gasteiger charge is 2.24. The molecule has 0 radical (unpaired) electrons. The average molecular weight is 418 g/mol. The SMILES string of the molecule is CCOC(=O)CCCCCCC(=O)N1CCN(C(=O)c2ccc(N(C)C)cc2)CC1. The van der Waals surface area contributed by atoms with Crippen molar-refractivity contribution in [1.82, 2.24) is 9.80 Å². The lowest BCUT2D eigenvalue weighted by Gasteiger charge is -2.35. The predicted molar refractivity (Wildman–Crippen MR) is 118 cm³/mol. The molecule has 1 aromatic carbocycles. The van der Waals surface area contributed by atoms with Crippen molar-refractivity contribution >= 4 is 23.5 Å². The molecule has 1 aliphatic rings. The summed E-state index contributed by atoms with van der Waals surface area (Å²) >= 11 is 0. The maximum absolute atomic E-state index is 12.7. The van der Waals surface area contributed by atoms with Gasteiger partial charge in [0.1, 0.15) is 0 Å². The van der Waals surface area contributed by atoms with Gasteiger partial charge in [-0.15, -0.1) is 0 Å². The zero-order chi connectivity index (χ0) is 21.9. The average Bonchev–Trinajstić information content (AvgIpc) is 2.75. The topological polar surface area (TPSA) is 70.2 Å². The number of amides is 2. The van der Waals surface area contributed by atoms with Crippen LogP contribution in [0.25, 0.3) is 0 Å². The molecule has 0 N–H and O–H groups in total. The molecule has 0 spiro atoms. The number of nitrogens with zero attached hydrogens (tertiary/aromatic N) is 3. The van der Waals surface area contributed by atoms with Crippen LogP contribution in [0.2, 0.25) is 0 Å². The van der Waals surface area contributed by atoms with E-state index in [1.165, 1.54) is 0 Å². The van der Waals surface area contributed by atoms with E-state index in [0.29, 0.717) is 51.2 Å². The number of ether oxygens (including phenoxy) is 1. The van der Waals surface area contributed by atoms with Gasteiger partial charge in [-0.3, -0.25) is 14.4 Å². The molecule has 0 atom stereocenters. The number of piperazine rings is 1. The number of hydrogen-bond donors (Lipinski definition) is 0. The fourth-order valence-electron chi connectivity index (χ4n) is 3.53. The number of carbonyl (C=O) groups excluding carboxylic acids is 3. The van der Waals surface area contributed by atoms with Crippen molar-refractivity contribution in [1.29, 1.82) is 0 Å². The fraction of sp³-hybridized carbons (Fsp3) is 0.609. The van der Waals surface area contributed by atoms with Crippen molar-refractivity contribution in [3.05, 3.63) is 29.8 Å². The lowest BCUT2D eigenvalue weighted by atomic mass is 10.1. The number of carbonyl (C=O) groups is 3. The van der Waals surface area contributed by atoms with Crippen molar-refractivity contribution in [2.24, 2.45) is 0 Å². The molecule has 0 saturated carbocycles. The third kappa shape index (κ3) is 7.35. The highest BCUT2D eigenvalue weighted by molar-refractivity contribution is 5.94. The van der Waals surface area contributed by atoms with E-state index in [2.05, 4.69) is 0 Å².